The van der Waals surface area contributed by atoms with Crippen LogP contribution in [0.15, 0.2) is 41.4 Å². The Morgan fingerprint density at radius 2 is 1.74 bits per heavy atom. The molecule has 27 heavy (non-hydrogen) atoms. The number of carbonyl (C=O) groups excluding carboxylic acids is 1. The molecule has 0 spiro atoms. The van der Waals surface area contributed by atoms with E-state index in [1.54, 1.807) is 36.4 Å². The maximum Gasteiger partial charge on any atom is 0.248 e. The van der Waals surface area contributed by atoms with Crippen LogP contribution in [0.1, 0.15) is 41.4 Å². The van der Waals surface area contributed by atoms with Crippen molar-refractivity contribution in [3.8, 4) is 0 Å². The highest BCUT2D eigenvalue weighted by Crippen LogP contribution is 2.29. The summed E-state index contributed by atoms with van der Waals surface area (Å²) in [5.74, 6) is -0.308. The predicted molar refractivity (Wildman–Crippen MR) is 109 cm³/mol. The highest BCUT2D eigenvalue weighted by atomic mass is 35.5. The molecule has 1 heterocycles. The monoisotopic (exact) mass is 421 g/mol. The molecule has 5 nitrogen and oxygen atoms in total. The van der Waals surface area contributed by atoms with Gasteiger partial charge in [0.1, 0.15) is 5.03 Å². The third-order valence-electron chi connectivity index (χ3n) is 3.97. The quantitative estimate of drug-likeness (QED) is 0.658. The summed E-state index contributed by atoms with van der Waals surface area (Å²) < 4.78 is 13.0. The molecular weight excluding hydrogens is 405 g/mol. The molecule has 0 aliphatic heterocycles. The Morgan fingerprint density at radius 3 is 2.33 bits per heavy atom. The highest BCUT2D eigenvalue weighted by molar-refractivity contribution is 7.84. The largest absolute Gasteiger partial charge is 0.366 e. The van der Waals surface area contributed by atoms with E-state index in [-0.39, 0.29) is 11.7 Å². The van der Waals surface area contributed by atoms with Crippen molar-refractivity contribution in [3.05, 3.63) is 63.3 Å². The molecule has 1 unspecified atom stereocenters. The lowest BCUT2D eigenvalue weighted by atomic mass is 10.1. The Bertz CT molecular complexity index is 1070. The number of amides is 1. The zero-order valence-corrected chi connectivity index (χ0v) is 17.0. The van der Waals surface area contributed by atoms with Crippen molar-refractivity contribution in [1.82, 2.24) is 9.97 Å². The first-order valence-corrected chi connectivity index (χ1v) is 10.3. The normalized spacial score (nSPS) is 12.5. The van der Waals surface area contributed by atoms with Gasteiger partial charge in [-0.15, -0.1) is 0 Å². The van der Waals surface area contributed by atoms with Crippen LogP contribution in [0.4, 0.5) is 0 Å². The smallest absolute Gasteiger partial charge is 0.248 e. The molecule has 0 radical (unpaired) electrons. The number of carbonyl (C=O) groups is 1. The minimum absolute atomic E-state index is 0.0206. The average Bonchev–Trinajstić information content (AvgIpc) is 2.61. The van der Waals surface area contributed by atoms with Gasteiger partial charge in [-0.05, 0) is 35.7 Å². The molecule has 0 saturated carbocycles. The van der Waals surface area contributed by atoms with Crippen LogP contribution in [-0.2, 0) is 16.6 Å². The standard InChI is InChI=1S/C19H17Cl2N3O2S/c1-10(2)17-19(24-16-8-14(21)13(20)7-15(16)23-17)27(26)9-11-4-3-5-12(6-11)18(22)25/h3-8,10H,9H2,1-2H3,(H2,22,25). The van der Waals surface area contributed by atoms with Gasteiger partial charge in [-0.3, -0.25) is 9.00 Å². The second-order valence-electron chi connectivity index (χ2n) is 6.38. The van der Waals surface area contributed by atoms with E-state index in [4.69, 9.17) is 28.9 Å². The van der Waals surface area contributed by atoms with Crippen LogP contribution in [0.2, 0.25) is 10.0 Å². The second kappa shape index (κ2) is 7.92. The van der Waals surface area contributed by atoms with Gasteiger partial charge in [0.05, 0.1) is 43.3 Å². The molecule has 140 valence electrons. The van der Waals surface area contributed by atoms with Gasteiger partial charge >= 0.3 is 0 Å². The molecule has 1 amide bonds. The lowest BCUT2D eigenvalue weighted by Gasteiger charge is -2.13. The number of rotatable bonds is 5. The van der Waals surface area contributed by atoms with Crippen molar-refractivity contribution in [2.75, 3.05) is 0 Å². The maximum absolute atomic E-state index is 13.0. The van der Waals surface area contributed by atoms with Gasteiger partial charge in [-0.2, -0.15) is 0 Å². The van der Waals surface area contributed by atoms with Crippen LogP contribution in [0.25, 0.3) is 11.0 Å². The van der Waals surface area contributed by atoms with Crippen LogP contribution in [0.3, 0.4) is 0 Å². The topological polar surface area (TPSA) is 85.9 Å². The van der Waals surface area contributed by atoms with Crippen molar-refractivity contribution < 1.29 is 9.00 Å². The van der Waals surface area contributed by atoms with E-state index in [2.05, 4.69) is 9.97 Å². The summed E-state index contributed by atoms with van der Waals surface area (Å²) in [4.78, 5) is 20.5. The molecule has 2 N–H and O–H groups in total. The van der Waals surface area contributed by atoms with E-state index in [0.717, 1.165) is 5.56 Å². The van der Waals surface area contributed by atoms with Crippen LogP contribution >= 0.6 is 23.2 Å². The Hall–Kier alpha value is -2.02. The number of halogens is 2. The number of nitrogens with two attached hydrogens (primary N) is 1. The third kappa shape index (κ3) is 4.29. The summed E-state index contributed by atoms with van der Waals surface area (Å²) in [6.07, 6.45) is 0. The molecule has 1 atom stereocenters. The zero-order chi connectivity index (χ0) is 19.7. The number of hydrogen-bond acceptors (Lipinski definition) is 4. The summed E-state index contributed by atoms with van der Waals surface area (Å²) in [5, 5.41) is 1.16. The van der Waals surface area contributed by atoms with Crippen LogP contribution in [0.5, 0.6) is 0 Å². The molecule has 0 aliphatic rings. The summed E-state index contributed by atoms with van der Waals surface area (Å²) in [7, 11) is -1.46. The van der Waals surface area contributed by atoms with E-state index < -0.39 is 16.7 Å². The SMILES string of the molecule is CC(C)c1nc2cc(Cl)c(Cl)cc2nc1S(=O)Cc1cccc(C(N)=O)c1. The van der Waals surface area contributed by atoms with Gasteiger partial charge < -0.3 is 5.73 Å². The minimum atomic E-state index is -1.46. The first kappa shape index (κ1) is 19.7. The molecular formula is C19H17Cl2N3O2S. The van der Waals surface area contributed by atoms with E-state index >= 15 is 0 Å². The first-order chi connectivity index (χ1) is 12.8. The summed E-state index contributed by atoms with van der Waals surface area (Å²) in [5.41, 5.74) is 8.20. The lowest BCUT2D eigenvalue weighted by Crippen LogP contribution is -2.12. The molecule has 0 fully saturated rings. The minimum Gasteiger partial charge on any atom is -0.366 e. The first-order valence-electron chi connectivity index (χ1n) is 8.20. The Morgan fingerprint density at radius 1 is 1.11 bits per heavy atom. The molecule has 0 bridgehead atoms. The molecule has 2 aromatic carbocycles. The Balaban J connectivity index is 2.04. The lowest BCUT2D eigenvalue weighted by molar-refractivity contribution is 0.1000. The van der Waals surface area contributed by atoms with Crippen molar-refractivity contribution in [2.24, 2.45) is 5.73 Å². The fourth-order valence-corrected chi connectivity index (χ4v) is 4.28. The van der Waals surface area contributed by atoms with E-state index in [1.165, 1.54) is 0 Å². The van der Waals surface area contributed by atoms with E-state index in [0.29, 0.717) is 37.4 Å². The molecule has 0 saturated heterocycles. The van der Waals surface area contributed by atoms with Crippen LogP contribution in [-0.4, -0.2) is 20.1 Å². The van der Waals surface area contributed by atoms with Gasteiger partial charge in [0, 0.05) is 5.56 Å². The predicted octanol–water partition coefficient (Wildman–Crippen LogP) is 4.47. The number of benzene rings is 2. The molecule has 0 aliphatic carbocycles. The molecule has 3 rings (SSSR count). The summed E-state index contributed by atoms with van der Waals surface area (Å²) in [6.45, 7) is 3.92. The number of aromatic nitrogens is 2. The van der Waals surface area contributed by atoms with Gasteiger partial charge in [-0.25, -0.2) is 9.97 Å². The number of hydrogen-bond donors (Lipinski definition) is 1. The van der Waals surface area contributed by atoms with Gasteiger partial charge in [0.15, 0.2) is 0 Å². The zero-order valence-electron chi connectivity index (χ0n) is 14.7. The molecule has 1 aromatic heterocycles. The molecule has 3 aromatic rings. The van der Waals surface area contributed by atoms with Gasteiger partial charge in [0.25, 0.3) is 0 Å². The third-order valence-corrected chi connectivity index (χ3v) is 6.02. The van der Waals surface area contributed by atoms with Crippen LogP contribution < -0.4 is 5.73 Å². The second-order valence-corrected chi connectivity index (χ2v) is 8.56. The fourth-order valence-electron chi connectivity index (χ4n) is 2.63. The van der Waals surface area contributed by atoms with E-state index in [1.807, 2.05) is 13.8 Å². The van der Waals surface area contributed by atoms with Crippen molar-refractivity contribution in [2.45, 2.75) is 30.5 Å². The maximum atomic E-state index is 13.0. The van der Waals surface area contributed by atoms with E-state index in [9.17, 15) is 9.00 Å². The number of primary amides is 1. The van der Waals surface area contributed by atoms with Crippen molar-refractivity contribution in [3.63, 3.8) is 0 Å². The van der Waals surface area contributed by atoms with Gasteiger partial charge in [-0.1, -0.05) is 49.2 Å². The highest BCUT2D eigenvalue weighted by Gasteiger charge is 2.19. The van der Waals surface area contributed by atoms with Gasteiger partial charge in [0.2, 0.25) is 5.91 Å². The fraction of sp³-hybridized carbons (Fsp3) is 0.211. The average molecular weight is 422 g/mol. The van der Waals surface area contributed by atoms with Crippen molar-refractivity contribution >= 4 is 50.9 Å². The molecule has 8 heteroatoms. The summed E-state index contributed by atoms with van der Waals surface area (Å²) in [6, 6.07) is 10.0. The van der Waals surface area contributed by atoms with Crippen LogP contribution in [0, 0.1) is 0 Å². The number of fused-ring (bicyclic) bond motifs is 1. The Labute approximate surface area is 169 Å². The number of nitrogens with zero attached hydrogens (tertiary/aromatic N) is 2. The van der Waals surface area contributed by atoms with Crippen molar-refractivity contribution in [1.29, 1.82) is 0 Å². The summed E-state index contributed by atoms with van der Waals surface area (Å²) >= 11 is 12.2. The Kier molecular flexibility index (Phi) is 5.79.